The zero-order chi connectivity index (χ0) is 15.5. The number of anilines is 2. The van der Waals surface area contributed by atoms with Crippen molar-refractivity contribution < 1.29 is 4.74 Å². The Hall–Kier alpha value is -2.66. The molecule has 0 amide bonds. The summed E-state index contributed by atoms with van der Waals surface area (Å²) in [5.41, 5.74) is 15.6. The zero-order valence-corrected chi connectivity index (χ0v) is 12.5. The molecule has 5 nitrogen and oxygen atoms in total. The number of ether oxygens (including phenoxy) is 1. The molecule has 0 atom stereocenters. The van der Waals surface area contributed by atoms with Crippen LogP contribution in [0.15, 0.2) is 54.0 Å². The van der Waals surface area contributed by atoms with Gasteiger partial charge in [0, 0.05) is 18.8 Å². The molecule has 114 valence electrons. The summed E-state index contributed by atoms with van der Waals surface area (Å²) in [6, 6.07) is 13.9. The van der Waals surface area contributed by atoms with Crippen LogP contribution in [0.1, 0.15) is 18.1 Å². The number of allylic oxidation sites excluding steroid dienone is 1. The van der Waals surface area contributed by atoms with Gasteiger partial charge < -0.3 is 26.8 Å². The molecule has 0 aliphatic carbocycles. The highest BCUT2D eigenvalue weighted by Gasteiger charge is 2.14. The molecule has 1 heterocycles. The second-order valence-electron chi connectivity index (χ2n) is 5.37. The summed E-state index contributed by atoms with van der Waals surface area (Å²) in [6.07, 6.45) is 0. The van der Waals surface area contributed by atoms with Crippen molar-refractivity contribution in [2.45, 2.75) is 20.0 Å². The maximum atomic E-state index is 5.85. The molecule has 3 rings (SSSR count). The van der Waals surface area contributed by atoms with E-state index >= 15 is 0 Å². The molecular formula is C17H20N4O. The van der Waals surface area contributed by atoms with Crippen LogP contribution in [0.2, 0.25) is 0 Å². The van der Waals surface area contributed by atoms with Crippen molar-refractivity contribution in [2.75, 3.05) is 11.1 Å². The monoisotopic (exact) mass is 296 g/mol. The number of nitrogens with one attached hydrogen (secondary N) is 2. The van der Waals surface area contributed by atoms with E-state index in [1.807, 2.05) is 49.4 Å². The molecule has 0 spiro atoms. The average molecular weight is 296 g/mol. The van der Waals surface area contributed by atoms with Crippen LogP contribution in [0.5, 0.6) is 5.75 Å². The van der Waals surface area contributed by atoms with Gasteiger partial charge in [0.1, 0.15) is 11.6 Å². The molecule has 2 aromatic rings. The van der Waals surface area contributed by atoms with E-state index in [2.05, 4.69) is 10.6 Å². The van der Waals surface area contributed by atoms with Crippen molar-refractivity contribution in [3.8, 4) is 5.75 Å². The molecule has 0 saturated heterocycles. The van der Waals surface area contributed by atoms with Crippen LogP contribution in [0.25, 0.3) is 0 Å². The minimum atomic E-state index is 0.555. The first-order valence-electron chi connectivity index (χ1n) is 7.21. The minimum Gasteiger partial charge on any atom is -0.456 e. The van der Waals surface area contributed by atoms with Crippen LogP contribution < -0.4 is 26.8 Å². The number of hydrogen-bond acceptors (Lipinski definition) is 5. The van der Waals surface area contributed by atoms with Gasteiger partial charge in [0.2, 0.25) is 0 Å². The van der Waals surface area contributed by atoms with E-state index in [0.29, 0.717) is 11.6 Å². The lowest BCUT2D eigenvalue weighted by atomic mass is 10.1. The summed E-state index contributed by atoms with van der Waals surface area (Å²) in [5, 5.41) is 6.57. The molecule has 6 N–H and O–H groups in total. The minimum absolute atomic E-state index is 0.555. The Bertz CT molecular complexity index is 707. The third-order valence-corrected chi connectivity index (χ3v) is 3.59. The lowest BCUT2D eigenvalue weighted by Crippen LogP contribution is -2.19. The Morgan fingerprint density at radius 2 is 1.68 bits per heavy atom. The fourth-order valence-electron chi connectivity index (χ4n) is 2.31. The highest BCUT2D eigenvalue weighted by atomic mass is 16.5. The summed E-state index contributed by atoms with van der Waals surface area (Å²) in [5.74, 6) is 2.05. The van der Waals surface area contributed by atoms with Crippen molar-refractivity contribution >= 4 is 11.4 Å². The third-order valence-electron chi connectivity index (χ3n) is 3.59. The molecule has 0 fully saturated rings. The second kappa shape index (κ2) is 5.99. The molecule has 5 heteroatoms. The van der Waals surface area contributed by atoms with Gasteiger partial charge in [-0.1, -0.05) is 18.2 Å². The highest BCUT2D eigenvalue weighted by Crippen LogP contribution is 2.31. The predicted molar refractivity (Wildman–Crippen MR) is 89.0 cm³/mol. The van der Waals surface area contributed by atoms with Gasteiger partial charge in [0.15, 0.2) is 5.75 Å². The number of nitrogens with two attached hydrogens (primary N) is 2. The molecule has 1 aliphatic heterocycles. The lowest BCUT2D eigenvalue weighted by molar-refractivity contribution is 0.415. The van der Waals surface area contributed by atoms with Gasteiger partial charge in [0.05, 0.1) is 5.69 Å². The van der Waals surface area contributed by atoms with E-state index in [1.165, 1.54) is 5.56 Å². The number of benzene rings is 2. The lowest BCUT2D eigenvalue weighted by Gasteiger charge is -2.21. The standard InChI is InChI=1S/C17H20N4O/c1-11-17(19)21-15-8-13(4-7-16(15)22-11)10-20-9-12-2-5-14(18)6-3-12/h2-8,20-21H,9-10,18-19H2,1H3. The van der Waals surface area contributed by atoms with Gasteiger partial charge >= 0.3 is 0 Å². The predicted octanol–water partition coefficient (Wildman–Crippen LogP) is 2.51. The van der Waals surface area contributed by atoms with E-state index in [-0.39, 0.29) is 0 Å². The molecule has 0 saturated carbocycles. The highest BCUT2D eigenvalue weighted by molar-refractivity contribution is 5.63. The van der Waals surface area contributed by atoms with E-state index in [4.69, 9.17) is 16.2 Å². The zero-order valence-electron chi connectivity index (χ0n) is 12.5. The number of hydrogen-bond donors (Lipinski definition) is 4. The van der Waals surface area contributed by atoms with Crippen LogP contribution in [-0.2, 0) is 13.1 Å². The Balaban J connectivity index is 1.61. The third kappa shape index (κ3) is 3.15. The normalized spacial score (nSPS) is 13.3. The maximum Gasteiger partial charge on any atom is 0.150 e. The van der Waals surface area contributed by atoms with Gasteiger partial charge in [-0.05, 0) is 42.3 Å². The van der Waals surface area contributed by atoms with Crippen molar-refractivity contribution in [1.29, 1.82) is 0 Å². The Morgan fingerprint density at radius 3 is 2.45 bits per heavy atom. The number of fused-ring (bicyclic) bond motifs is 1. The van der Waals surface area contributed by atoms with Gasteiger partial charge in [0.25, 0.3) is 0 Å². The Labute approximate surface area is 130 Å². The smallest absolute Gasteiger partial charge is 0.150 e. The molecule has 0 aromatic heterocycles. The van der Waals surface area contributed by atoms with Crippen molar-refractivity contribution in [3.63, 3.8) is 0 Å². The van der Waals surface area contributed by atoms with E-state index in [0.717, 1.165) is 35.8 Å². The topological polar surface area (TPSA) is 85.3 Å². The first kappa shape index (κ1) is 14.3. The second-order valence-corrected chi connectivity index (χ2v) is 5.37. The first-order chi connectivity index (χ1) is 10.6. The van der Waals surface area contributed by atoms with E-state index < -0.39 is 0 Å². The fraction of sp³-hybridized carbons (Fsp3) is 0.176. The van der Waals surface area contributed by atoms with Crippen molar-refractivity contribution in [1.82, 2.24) is 5.32 Å². The number of rotatable bonds is 4. The average Bonchev–Trinajstić information content (AvgIpc) is 2.51. The molecule has 2 aromatic carbocycles. The van der Waals surface area contributed by atoms with Crippen LogP contribution in [0.3, 0.4) is 0 Å². The van der Waals surface area contributed by atoms with Crippen LogP contribution in [-0.4, -0.2) is 0 Å². The van der Waals surface area contributed by atoms with Gasteiger partial charge in [-0.15, -0.1) is 0 Å². The van der Waals surface area contributed by atoms with Crippen LogP contribution in [0, 0.1) is 0 Å². The van der Waals surface area contributed by atoms with Crippen LogP contribution >= 0.6 is 0 Å². The summed E-state index contributed by atoms with van der Waals surface area (Å²) >= 11 is 0. The molecular weight excluding hydrogens is 276 g/mol. The fourth-order valence-corrected chi connectivity index (χ4v) is 2.31. The maximum absolute atomic E-state index is 5.85. The van der Waals surface area contributed by atoms with Gasteiger partial charge in [-0.2, -0.15) is 0 Å². The molecule has 22 heavy (non-hydrogen) atoms. The van der Waals surface area contributed by atoms with E-state index in [9.17, 15) is 0 Å². The SMILES string of the molecule is CC1=C(N)Nc2cc(CNCc3ccc(N)cc3)ccc2O1. The summed E-state index contributed by atoms with van der Waals surface area (Å²) in [7, 11) is 0. The van der Waals surface area contributed by atoms with Crippen molar-refractivity contribution in [2.24, 2.45) is 5.73 Å². The molecule has 1 aliphatic rings. The first-order valence-corrected chi connectivity index (χ1v) is 7.21. The van der Waals surface area contributed by atoms with E-state index in [1.54, 1.807) is 0 Å². The van der Waals surface area contributed by atoms with Gasteiger partial charge in [-0.25, -0.2) is 0 Å². The summed E-state index contributed by atoms with van der Waals surface area (Å²) in [6.45, 7) is 3.40. The molecule has 0 bridgehead atoms. The Kier molecular flexibility index (Phi) is 3.89. The molecule has 0 radical (unpaired) electrons. The van der Waals surface area contributed by atoms with Crippen molar-refractivity contribution in [3.05, 3.63) is 65.2 Å². The number of nitrogen functional groups attached to an aromatic ring is 1. The van der Waals surface area contributed by atoms with Gasteiger partial charge in [-0.3, -0.25) is 0 Å². The van der Waals surface area contributed by atoms with Crippen LogP contribution in [0.4, 0.5) is 11.4 Å². The Morgan fingerprint density at radius 1 is 1.00 bits per heavy atom. The molecule has 0 unspecified atom stereocenters. The summed E-state index contributed by atoms with van der Waals surface area (Å²) < 4.78 is 5.64. The summed E-state index contributed by atoms with van der Waals surface area (Å²) in [4.78, 5) is 0. The largest absolute Gasteiger partial charge is 0.456 e. The quantitative estimate of drug-likeness (QED) is 0.651.